The van der Waals surface area contributed by atoms with Crippen LogP contribution in [0.25, 0.3) is 0 Å². The van der Waals surface area contributed by atoms with Crippen LogP contribution in [0, 0.1) is 0 Å². The van der Waals surface area contributed by atoms with Gasteiger partial charge in [0.25, 0.3) is 0 Å². The molecule has 0 aliphatic heterocycles. The zero-order valence-corrected chi connectivity index (χ0v) is 12.1. The Morgan fingerprint density at radius 3 is 2.84 bits per heavy atom. The number of aromatic nitrogens is 1. The summed E-state index contributed by atoms with van der Waals surface area (Å²) in [4.78, 5) is 4.34. The van der Waals surface area contributed by atoms with E-state index in [0.717, 1.165) is 18.4 Å². The summed E-state index contributed by atoms with van der Waals surface area (Å²) in [7, 11) is -3.30. The number of nitrogens with two attached hydrogens (primary N) is 1. The van der Waals surface area contributed by atoms with E-state index in [0.29, 0.717) is 12.2 Å². The maximum Gasteiger partial charge on any atom is 0.177 e. The third-order valence-electron chi connectivity index (χ3n) is 2.65. The van der Waals surface area contributed by atoms with E-state index < -0.39 is 9.84 Å². The van der Waals surface area contributed by atoms with E-state index in [1.807, 2.05) is 5.38 Å². The quantitative estimate of drug-likeness (QED) is 0.822. The number of nitrogens with zero attached hydrogens (tertiary/aromatic N) is 1. The lowest BCUT2D eigenvalue weighted by Gasteiger charge is -2.11. The molecule has 0 saturated heterocycles. The molecule has 102 valence electrons. The summed E-state index contributed by atoms with van der Waals surface area (Å²) < 4.78 is 23.1. The molecule has 1 heterocycles. The highest BCUT2D eigenvalue weighted by atomic mass is 32.2. The van der Waals surface area contributed by atoms with Crippen LogP contribution in [-0.4, -0.2) is 26.2 Å². The van der Waals surface area contributed by atoms with E-state index in [-0.39, 0.29) is 10.6 Å². The van der Waals surface area contributed by atoms with Crippen molar-refractivity contribution in [3.8, 4) is 0 Å². The highest BCUT2D eigenvalue weighted by molar-refractivity contribution is 7.90. The summed E-state index contributed by atoms with van der Waals surface area (Å²) in [6.07, 6.45) is 1.92. The van der Waals surface area contributed by atoms with Crippen molar-refractivity contribution in [2.45, 2.75) is 11.3 Å². The Kier molecular flexibility index (Phi) is 4.06. The smallest absolute Gasteiger partial charge is 0.177 e. The lowest BCUT2D eigenvalue weighted by Crippen LogP contribution is -2.10. The van der Waals surface area contributed by atoms with Crippen LogP contribution in [0.5, 0.6) is 0 Å². The van der Waals surface area contributed by atoms with Crippen LogP contribution >= 0.6 is 11.3 Å². The Hall–Kier alpha value is -1.60. The summed E-state index contributed by atoms with van der Waals surface area (Å²) >= 11 is 1.55. The van der Waals surface area contributed by atoms with Crippen LogP contribution in [0.1, 0.15) is 5.69 Å². The Balaban J connectivity index is 2.09. The molecule has 2 rings (SSSR count). The minimum atomic E-state index is -3.30. The van der Waals surface area contributed by atoms with Gasteiger partial charge in [-0.15, -0.1) is 11.3 Å². The second kappa shape index (κ2) is 5.58. The van der Waals surface area contributed by atoms with Gasteiger partial charge in [-0.3, -0.25) is 0 Å². The fraction of sp³-hybridized carbons (Fsp3) is 0.250. The van der Waals surface area contributed by atoms with Crippen molar-refractivity contribution in [2.75, 3.05) is 23.9 Å². The van der Waals surface area contributed by atoms with E-state index in [1.165, 1.54) is 6.07 Å². The lowest BCUT2D eigenvalue weighted by atomic mass is 10.2. The van der Waals surface area contributed by atoms with Gasteiger partial charge in [-0.1, -0.05) is 6.07 Å². The first-order chi connectivity index (χ1) is 8.98. The molecule has 19 heavy (non-hydrogen) atoms. The Bertz CT molecular complexity index is 652. The normalized spacial score (nSPS) is 11.4. The van der Waals surface area contributed by atoms with Gasteiger partial charge in [-0.05, 0) is 12.1 Å². The maximum absolute atomic E-state index is 11.6. The minimum Gasteiger partial charge on any atom is -0.396 e. The number of rotatable bonds is 5. The molecule has 0 amide bonds. The summed E-state index contributed by atoms with van der Waals surface area (Å²) in [5, 5.41) is 5.12. The number of sulfone groups is 1. The molecule has 2 aromatic rings. The Labute approximate surface area is 116 Å². The number of hydrogen-bond donors (Lipinski definition) is 2. The average Bonchev–Trinajstić information content (AvgIpc) is 2.83. The van der Waals surface area contributed by atoms with E-state index in [9.17, 15) is 8.42 Å². The van der Waals surface area contributed by atoms with Crippen molar-refractivity contribution in [3.05, 3.63) is 34.8 Å². The van der Waals surface area contributed by atoms with Gasteiger partial charge in [0.05, 0.1) is 27.5 Å². The van der Waals surface area contributed by atoms with Gasteiger partial charge in [0, 0.05) is 24.6 Å². The number of thiazole rings is 1. The molecule has 0 aliphatic rings. The first kappa shape index (κ1) is 13.8. The number of anilines is 2. The largest absolute Gasteiger partial charge is 0.396 e. The highest BCUT2D eigenvalue weighted by Gasteiger charge is 2.13. The number of hydrogen-bond acceptors (Lipinski definition) is 6. The van der Waals surface area contributed by atoms with Gasteiger partial charge >= 0.3 is 0 Å². The molecule has 0 atom stereocenters. The second-order valence-corrected chi connectivity index (χ2v) is 6.85. The molecular formula is C12H15N3O2S2. The highest BCUT2D eigenvalue weighted by Crippen LogP contribution is 2.26. The average molecular weight is 297 g/mol. The molecule has 5 nitrogen and oxygen atoms in total. The van der Waals surface area contributed by atoms with Crippen molar-refractivity contribution in [1.29, 1.82) is 0 Å². The van der Waals surface area contributed by atoms with Crippen LogP contribution in [0.2, 0.25) is 0 Å². The number of benzene rings is 1. The van der Waals surface area contributed by atoms with Crippen molar-refractivity contribution >= 4 is 32.5 Å². The van der Waals surface area contributed by atoms with Gasteiger partial charge in [0.15, 0.2) is 9.84 Å². The van der Waals surface area contributed by atoms with Crippen molar-refractivity contribution in [2.24, 2.45) is 0 Å². The van der Waals surface area contributed by atoms with Crippen molar-refractivity contribution in [1.82, 2.24) is 4.98 Å². The van der Waals surface area contributed by atoms with Gasteiger partial charge in [0.2, 0.25) is 0 Å². The van der Waals surface area contributed by atoms with E-state index in [2.05, 4.69) is 10.3 Å². The Morgan fingerprint density at radius 2 is 2.21 bits per heavy atom. The predicted octanol–water partition coefficient (Wildman–Crippen LogP) is 1.78. The van der Waals surface area contributed by atoms with Gasteiger partial charge in [-0.25, -0.2) is 13.4 Å². The summed E-state index contributed by atoms with van der Waals surface area (Å²) in [6.45, 7) is 0.654. The standard InChI is InChI=1S/C12H15N3O2S2/c1-19(16,17)11-4-2-3-10(12(11)13)14-6-5-9-7-18-8-15-9/h2-4,7-8,14H,5-6,13H2,1H3. The summed E-state index contributed by atoms with van der Waals surface area (Å²) in [5.41, 5.74) is 9.57. The monoisotopic (exact) mass is 297 g/mol. The van der Waals surface area contributed by atoms with Crippen molar-refractivity contribution in [3.63, 3.8) is 0 Å². The van der Waals surface area contributed by atoms with E-state index in [4.69, 9.17) is 5.73 Å². The number of para-hydroxylation sites is 1. The van der Waals surface area contributed by atoms with Gasteiger partial charge in [0.1, 0.15) is 0 Å². The van der Waals surface area contributed by atoms with Crippen LogP contribution in [0.4, 0.5) is 11.4 Å². The fourth-order valence-electron chi connectivity index (χ4n) is 1.71. The topological polar surface area (TPSA) is 85.1 Å². The van der Waals surface area contributed by atoms with Crippen LogP contribution in [0.3, 0.4) is 0 Å². The number of nitrogen functional groups attached to an aromatic ring is 1. The molecule has 0 saturated carbocycles. The summed E-state index contributed by atoms with van der Waals surface area (Å²) in [6, 6.07) is 4.96. The predicted molar refractivity (Wildman–Crippen MR) is 78.3 cm³/mol. The second-order valence-electron chi connectivity index (χ2n) is 4.15. The molecule has 1 aromatic heterocycles. The van der Waals surface area contributed by atoms with Gasteiger partial charge in [-0.2, -0.15) is 0 Å². The lowest BCUT2D eigenvalue weighted by molar-refractivity contribution is 0.602. The molecule has 3 N–H and O–H groups in total. The number of nitrogens with one attached hydrogen (secondary N) is 1. The zero-order chi connectivity index (χ0) is 13.9. The first-order valence-corrected chi connectivity index (χ1v) is 8.51. The van der Waals surface area contributed by atoms with Crippen LogP contribution in [0.15, 0.2) is 34.0 Å². The zero-order valence-electron chi connectivity index (χ0n) is 10.5. The maximum atomic E-state index is 11.6. The van der Waals surface area contributed by atoms with Crippen LogP contribution in [-0.2, 0) is 16.3 Å². The van der Waals surface area contributed by atoms with E-state index >= 15 is 0 Å². The van der Waals surface area contributed by atoms with Crippen LogP contribution < -0.4 is 11.1 Å². The van der Waals surface area contributed by atoms with E-state index in [1.54, 1.807) is 29.0 Å². The third-order valence-corrected chi connectivity index (χ3v) is 4.44. The summed E-state index contributed by atoms with van der Waals surface area (Å²) in [5.74, 6) is 0. The fourth-order valence-corrected chi connectivity index (χ4v) is 3.14. The molecule has 0 fully saturated rings. The molecule has 0 aliphatic carbocycles. The molecule has 0 radical (unpaired) electrons. The Morgan fingerprint density at radius 1 is 1.42 bits per heavy atom. The minimum absolute atomic E-state index is 0.158. The van der Waals surface area contributed by atoms with Gasteiger partial charge < -0.3 is 11.1 Å². The molecule has 1 aromatic carbocycles. The first-order valence-electron chi connectivity index (χ1n) is 5.68. The molecule has 0 bridgehead atoms. The molecular weight excluding hydrogens is 282 g/mol. The SMILES string of the molecule is CS(=O)(=O)c1cccc(NCCc2cscn2)c1N. The molecule has 7 heteroatoms. The molecule has 0 unspecified atom stereocenters. The molecule has 0 spiro atoms. The third kappa shape index (κ3) is 3.45. The van der Waals surface area contributed by atoms with Crippen molar-refractivity contribution < 1.29 is 8.42 Å².